The third-order valence-corrected chi connectivity index (χ3v) is 3.83. The molecule has 0 saturated heterocycles. The second-order valence-corrected chi connectivity index (χ2v) is 5.46. The van der Waals surface area contributed by atoms with Crippen LogP contribution in [0.3, 0.4) is 0 Å². The summed E-state index contributed by atoms with van der Waals surface area (Å²) in [6.07, 6.45) is 1.99. The number of carboxylic acids is 1. The zero-order valence-corrected chi connectivity index (χ0v) is 12.3. The molecule has 0 aliphatic heterocycles. The minimum atomic E-state index is -0.972. The number of carbonyl (C=O) groups is 1. The molecule has 0 spiro atoms. The van der Waals surface area contributed by atoms with Crippen molar-refractivity contribution in [3.63, 3.8) is 0 Å². The summed E-state index contributed by atoms with van der Waals surface area (Å²) < 4.78 is 0. The van der Waals surface area contributed by atoms with Crippen molar-refractivity contribution in [1.29, 1.82) is 0 Å². The Morgan fingerprint density at radius 1 is 1.40 bits per heavy atom. The fourth-order valence-electron chi connectivity index (χ4n) is 1.83. The van der Waals surface area contributed by atoms with Gasteiger partial charge in [0, 0.05) is 11.1 Å². The lowest BCUT2D eigenvalue weighted by molar-refractivity contribution is 0.0694. The van der Waals surface area contributed by atoms with Crippen molar-refractivity contribution in [2.45, 2.75) is 30.9 Å². The van der Waals surface area contributed by atoms with Gasteiger partial charge < -0.3 is 5.11 Å². The highest BCUT2D eigenvalue weighted by atomic mass is 32.2. The van der Waals surface area contributed by atoms with E-state index in [4.69, 9.17) is 5.11 Å². The molecule has 2 aromatic rings. The SMILES string of the molecule is CCc1nc(CSc2cccc(C)c2)ncc1C(=O)O. The van der Waals surface area contributed by atoms with Gasteiger partial charge in [-0.15, -0.1) is 11.8 Å². The Labute approximate surface area is 122 Å². The lowest BCUT2D eigenvalue weighted by Gasteiger charge is -2.06. The van der Waals surface area contributed by atoms with Crippen molar-refractivity contribution in [2.75, 3.05) is 0 Å². The van der Waals surface area contributed by atoms with E-state index in [1.54, 1.807) is 11.8 Å². The topological polar surface area (TPSA) is 63.1 Å². The molecule has 0 aliphatic carbocycles. The highest BCUT2D eigenvalue weighted by Gasteiger charge is 2.12. The fraction of sp³-hybridized carbons (Fsp3) is 0.267. The Kier molecular flexibility index (Phi) is 4.74. The summed E-state index contributed by atoms with van der Waals surface area (Å²) in [5.74, 6) is 0.328. The molecule has 5 heteroatoms. The van der Waals surface area contributed by atoms with E-state index >= 15 is 0 Å². The van der Waals surface area contributed by atoms with Crippen molar-refractivity contribution in [3.8, 4) is 0 Å². The summed E-state index contributed by atoms with van der Waals surface area (Å²) in [5, 5.41) is 9.04. The molecule has 0 fully saturated rings. The third kappa shape index (κ3) is 3.57. The second kappa shape index (κ2) is 6.52. The van der Waals surface area contributed by atoms with Crippen LogP contribution in [0.1, 0.15) is 34.4 Å². The molecule has 20 heavy (non-hydrogen) atoms. The number of aryl methyl sites for hydroxylation is 2. The first-order valence-corrected chi connectivity index (χ1v) is 7.36. The Bertz CT molecular complexity index is 629. The van der Waals surface area contributed by atoms with E-state index < -0.39 is 5.97 Å². The first-order chi connectivity index (χ1) is 9.60. The van der Waals surface area contributed by atoms with Gasteiger partial charge >= 0.3 is 5.97 Å². The third-order valence-electron chi connectivity index (χ3n) is 2.84. The van der Waals surface area contributed by atoms with Crippen molar-refractivity contribution in [1.82, 2.24) is 9.97 Å². The standard InChI is InChI=1S/C15H16N2O2S/c1-3-13-12(15(18)19)8-16-14(17-13)9-20-11-6-4-5-10(2)7-11/h4-8H,3,9H2,1-2H3,(H,18,19). The molecule has 4 nitrogen and oxygen atoms in total. The smallest absolute Gasteiger partial charge is 0.339 e. The minimum absolute atomic E-state index is 0.191. The summed E-state index contributed by atoms with van der Waals surface area (Å²) >= 11 is 1.65. The highest BCUT2D eigenvalue weighted by molar-refractivity contribution is 7.98. The summed E-state index contributed by atoms with van der Waals surface area (Å²) in [7, 11) is 0. The largest absolute Gasteiger partial charge is 0.478 e. The molecule has 0 aliphatic rings. The normalized spacial score (nSPS) is 10.5. The minimum Gasteiger partial charge on any atom is -0.478 e. The molecule has 1 aromatic carbocycles. The zero-order valence-electron chi connectivity index (χ0n) is 11.5. The van der Waals surface area contributed by atoms with E-state index in [-0.39, 0.29) is 5.56 Å². The molecule has 1 heterocycles. The lowest BCUT2D eigenvalue weighted by Crippen LogP contribution is -2.07. The Morgan fingerprint density at radius 3 is 2.85 bits per heavy atom. The molecular weight excluding hydrogens is 272 g/mol. The number of benzene rings is 1. The van der Waals surface area contributed by atoms with Crippen LogP contribution in [0.2, 0.25) is 0 Å². The van der Waals surface area contributed by atoms with Crippen molar-refractivity contribution in [3.05, 3.63) is 53.1 Å². The molecule has 0 bridgehead atoms. The Morgan fingerprint density at radius 2 is 2.20 bits per heavy atom. The maximum Gasteiger partial charge on any atom is 0.339 e. The second-order valence-electron chi connectivity index (χ2n) is 4.41. The van der Waals surface area contributed by atoms with Crippen LogP contribution in [-0.4, -0.2) is 21.0 Å². The number of hydrogen-bond acceptors (Lipinski definition) is 4. The molecule has 0 saturated carbocycles. The lowest BCUT2D eigenvalue weighted by atomic mass is 10.2. The average molecular weight is 288 g/mol. The van der Waals surface area contributed by atoms with E-state index in [0.29, 0.717) is 23.7 Å². The van der Waals surface area contributed by atoms with Gasteiger partial charge in [-0.1, -0.05) is 24.6 Å². The number of aromatic nitrogens is 2. The first-order valence-electron chi connectivity index (χ1n) is 6.37. The molecular formula is C15H16N2O2S. The molecule has 0 unspecified atom stereocenters. The van der Waals surface area contributed by atoms with Gasteiger partial charge in [0.1, 0.15) is 5.82 Å². The Balaban J connectivity index is 2.12. The van der Waals surface area contributed by atoms with Crippen molar-refractivity contribution >= 4 is 17.7 Å². The van der Waals surface area contributed by atoms with Crippen molar-refractivity contribution < 1.29 is 9.90 Å². The number of nitrogens with zero attached hydrogens (tertiary/aromatic N) is 2. The maximum absolute atomic E-state index is 11.0. The number of thioether (sulfide) groups is 1. The maximum atomic E-state index is 11.0. The van der Waals surface area contributed by atoms with E-state index in [1.165, 1.54) is 11.8 Å². The van der Waals surface area contributed by atoms with Gasteiger partial charge in [-0.05, 0) is 25.5 Å². The van der Waals surface area contributed by atoms with Crippen LogP contribution >= 0.6 is 11.8 Å². The number of rotatable bonds is 5. The van der Waals surface area contributed by atoms with E-state index in [1.807, 2.05) is 19.1 Å². The van der Waals surface area contributed by atoms with E-state index in [9.17, 15) is 4.79 Å². The quantitative estimate of drug-likeness (QED) is 0.855. The van der Waals surface area contributed by atoms with Gasteiger partial charge in [-0.25, -0.2) is 14.8 Å². The zero-order chi connectivity index (χ0) is 14.5. The van der Waals surface area contributed by atoms with Crippen LogP contribution < -0.4 is 0 Å². The molecule has 2 rings (SSSR count). The molecule has 1 aromatic heterocycles. The van der Waals surface area contributed by atoms with Crippen LogP contribution in [0.15, 0.2) is 35.4 Å². The van der Waals surface area contributed by atoms with Crippen LogP contribution in [0.25, 0.3) is 0 Å². The van der Waals surface area contributed by atoms with Gasteiger partial charge in [-0.3, -0.25) is 0 Å². The van der Waals surface area contributed by atoms with E-state index in [0.717, 1.165) is 4.90 Å². The summed E-state index contributed by atoms with van der Waals surface area (Å²) in [6.45, 7) is 3.95. The highest BCUT2D eigenvalue weighted by Crippen LogP contribution is 2.22. The van der Waals surface area contributed by atoms with Crippen LogP contribution in [-0.2, 0) is 12.2 Å². The summed E-state index contributed by atoms with van der Waals surface area (Å²) in [4.78, 5) is 20.7. The predicted octanol–water partition coefficient (Wildman–Crippen LogP) is 3.34. The fourth-order valence-corrected chi connectivity index (χ4v) is 2.71. The van der Waals surface area contributed by atoms with Crippen LogP contribution in [0, 0.1) is 6.92 Å². The van der Waals surface area contributed by atoms with Gasteiger partial charge in [0.2, 0.25) is 0 Å². The summed E-state index contributed by atoms with van der Waals surface area (Å²) in [6, 6.07) is 8.22. The number of hydrogen-bond donors (Lipinski definition) is 1. The molecule has 0 radical (unpaired) electrons. The van der Waals surface area contributed by atoms with E-state index in [2.05, 4.69) is 29.0 Å². The predicted molar refractivity (Wildman–Crippen MR) is 79.1 cm³/mol. The Hall–Kier alpha value is -1.88. The van der Waals surface area contributed by atoms with Gasteiger partial charge in [0.15, 0.2) is 0 Å². The molecule has 104 valence electrons. The van der Waals surface area contributed by atoms with Gasteiger partial charge in [0.25, 0.3) is 0 Å². The van der Waals surface area contributed by atoms with Crippen LogP contribution in [0.4, 0.5) is 0 Å². The van der Waals surface area contributed by atoms with Gasteiger partial charge in [0.05, 0.1) is 17.0 Å². The number of carboxylic acid groups (broad SMARTS) is 1. The molecule has 0 atom stereocenters. The van der Waals surface area contributed by atoms with Crippen molar-refractivity contribution in [2.24, 2.45) is 0 Å². The average Bonchev–Trinajstić information content (AvgIpc) is 2.44. The first kappa shape index (κ1) is 14.5. The van der Waals surface area contributed by atoms with Gasteiger partial charge in [-0.2, -0.15) is 0 Å². The molecule has 0 amide bonds. The molecule has 1 N–H and O–H groups in total. The van der Waals surface area contributed by atoms with Crippen LogP contribution in [0.5, 0.6) is 0 Å². The number of aromatic carboxylic acids is 1. The monoisotopic (exact) mass is 288 g/mol. The summed E-state index contributed by atoms with van der Waals surface area (Å²) in [5.41, 5.74) is 2.00.